The number of hydrogen-bond acceptors (Lipinski definition) is 4. The molecule has 3 aromatic rings. The summed E-state index contributed by atoms with van der Waals surface area (Å²) in [6.07, 6.45) is 7.37. The number of amides is 1. The van der Waals surface area contributed by atoms with Gasteiger partial charge in [-0.1, -0.05) is 23.2 Å². The van der Waals surface area contributed by atoms with Crippen molar-refractivity contribution >= 4 is 59.6 Å². The maximum Gasteiger partial charge on any atom is 0.229 e. The number of rotatable bonds is 3. The largest absolute Gasteiger partial charge is 0.336 e. The summed E-state index contributed by atoms with van der Waals surface area (Å²) in [6, 6.07) is 1.55. The zero-order chi connectivity index (χ0) is 18.3. The number of aryl methyl sites for hydroxylation is 1. The highest BCUT2D eigenvalue weighted by Gasteiger charge is 2.30. The van der Waals surface area contributed by atoms with Crippen LogP contribution in [0.5, 0.6) is 0 Å². The van der Waals surface area contributed by atoms with Crippen LogP contribution in [0.25, 0.3) is 5.65 Å². The molecule has 0 saturated carbocycles. The number of pyridine rings is 1. The van der Waals surface area contributed by atoms with Gasteiger partial charge in [0.1, 0.15) is 11.9 Å². The summed E-state index contributed by atoms with van der Waals surface area (Å²) in [4.78, 5) is 23.7. The minimum Gasteiger partial charge on any atom is -0.336 e. The van der Waals surface area contributed by atoms with Crippen LogP contribution in [-0.4, -0.2) is 49.4 Å². The van der Waals surface area contributed by atoms with Gasteiger partial charge in [-0.15, -0.1) is 24.8 Å². The first-order valence-corrected chi connectivity index (χ1v) is 9.08. The summed E-state index contributed by atoms with van der Waals surface area (Å²) >= 11 is 12.2. The zero-order valence-corrected chi connectivity index (χ0v) is 18.2. The molecule has 1 saturated heterocycles. The number of piperazine rings is 1. The van der Waals surface area contributed by atoms with Gasteiger partial charge in [-0.25, -0.2) is 9.97 Å². The lowest BCUT2D eigenvalue weighted by atomic mass is 10.1. The van der Waals surface area contributed by atoms with Gasteiger partial charge < -0.3 is 19.2 Å². The first-order valence-electron chi connectivity index (χ1n) is 8.33. The number of hydrogen-bond donors (Lipinski definition) is 1. The molecule has 0 radical (unpaired) electrons. The Balaban J connectivity index is 0.00000140. The highest BCUT2D eigenvalue weighted by atomic mass is 35.5. The number of nitrogens with one attached hydrogen (secondary N) is 1. The smallest absolute Gasteiger partial charge is 0.229 e. The van der Waals surface area contributed by atoms with Crippen LogP contribution < -0.4 is 5.32 Å². The van der Waals surface area contributed by atoms with Crippen molar-refractivity contribution in [3.8, 4) is 0 Å². The van der Waals surface area contributed by atoms with E-state index in [9.17, 15) is 4.79 Å². The van der Waals surface area contributed by atoms with E-state index < -0.39 is 0 Å². The van der Waals surface area contributed by atoms with E-state index in [4.69, 9.17) is 23.2 Å². The third kappa shape index (κ3) is 4.39. The average molecular weight is 466 g/mol. The zero-order valence-electron chi connectivity index (χ0n) is 15.0. The third-order valence-corrected chi connectivity index (χ3v) is 5.06. The molecule has 0 aromatic carbocycles. The molecule has 4 rings (SSSR count). The molecule has 1 fully saturated rings. The fourth-order valence-electron chi connectivity index (χ4n) is 3.35. The minimum absolute atomic E-state index is 0. The molecular weight excluding hydrogens is 446 g/mol. The van der Waals surface area contributed by atoms with E-state index in [-0.39, 0.29) is 43.2 Å². The summed E-state index contributed by atoms with van der Waals surface area (Å²) in [5.74, 6) is 0.889. The predicted octanol–water partition coefficient (Wildman–Crippen LogP) is 2.93. The third-order valence-electron chi connectivity index (χ3n) is 4.58. The van der Waals surface area contributed by atoms with Crippen LogP contribution in [0.2, 0.25) is 10.0 Å². The van der Waals surface area contributed by atoms with Crippen LogP contribution in [-0.2, 0) is 18.3 Å². The Kier molecular flexibility index (Phi) is 7.59. The fraction of sp³-hybridized carbons (Fsp3) is 0.353. The standard InChI is InChI=1S/C17H18Cl2N6O.2ClH/c1-23-4-3-21-17(23)14-8-20-2-5-25(14)15(26)7-12-10-24-9-11(18)6-13(19)16(24)22-12;;/h3-4,6,9-10,14,20H,2,5,7-8H2,1H3;2*1H. The van der Waals surface area contributed by atoms with E-state index >= 15 is 0 Å². The van der Waals surface area contributed by atoms with Crippen LogP contribution in [0.4, 0.5) is 0 Å². The second-order valence-electron chi connectivity index (χ2n) is 6.35. The van der Waals surface area contributed by atoms with Crippen molar-refractivity contribution in [1.29, 1.82) is 0 Å². The predicted molar refractivity (Wildman–Crippen MR) is 114 cm³/mol. The van der Waals surface area contributed by atoms with E-state index in [1.54, 1.807) is 29.1 Å². The fourth-order valence-corrected chi connectivity index (χ4v) is 3.88. The molecule has 152 valence electrons. The van der Waals surface area contributed by atoms with Crippen molar-refractivity contribution in [2.45, 2.75) is 12.5 Å². The molecule has 1 unspecified atom stereocenters. The first kappa shape index (κ1) is 22.8. The second-order valence-corrected chi connectivity index (χ2v) is 7.19. The Morgan fingerprint density at radius 2 is 2.11 bits per heavy atom. The van der Waals surface area contributed by atoms with Crippen molar-refractivity contribution in [1.82, 2.24) is 29.2 Å². The lowest BCUT2D eigenvalue weighted by molar-refractivity contribution is -0.134. The highest BCUT2D eigenvalue weighted by Crippen LogP contribution is 2.24. The number of fused-ring (bicyclic) bond motifs is 1. The van der Waals surface area contributed by atoms with Crippen molar-refractivity contribution in [3.05, 3.63) is 52.4 Å². The summed E-state index contributed by atoms with van der Waals surface area (Å²) < 4.78 is 3.70. The molecule has 0 bridgehead atoms. The Hall–Kier alpha value is -1.51. The number of imidazole rings is 2. The topological polar surface area (TPSA) is 67.5 Å². The van der Waals surface area contributed by atoms with Gasteiger partial charge in [-0.05, 0) is 6.07 Å². The molecule has 3 aromatic heterocycles. The number of carbonyl (C=O) groups excluding carboxylic acids is 1. The number of carbonyl (C=O) groups is 1. The maximum atomic E-state index is 13.0. The first-order chi connectivity index (χ1) is 12.5. The van der Waals surface area contributed by atoms with E-state index in [1.807, 2.05) is 22.7 Å². The number of halogens is 4. The quantitative estimate of drug-likeness (QED) is 0.645. The molecule has 0 spiro atoms. The lowest BCUT2D eigenvalue weighted by Crippen LogP contribution is -2.49. The normalized spacial score (nSPS) is 16.5. The van der Waals surface area contributed by atoms with Gasteiger partial charge in [0.05, 0.1) is 22.2 Å². The van der Waals surface area contributed by atoms with Crippen molar-refractivity contribution in [2.75, 3.05) is 19.6 Å². The minimum atomic E-state index is -0.0914. The van der Waals surface area contributed by atoms with E-state index in [0.717, 1.165) is 12.4 Å². The number of nitrogens with zero attached hydrogens (tertiary/aromatic N) is 5. The lowest BCUT2D eigenvalue weighted by Gasteiger charge is -2.35. The van der Waals surface area contributed by atoms with Gasteiger partial charge >= 0.3 is 0 Å². The molecule has 1 amide bonds. The van der Waals surface area contributed by atoms with Crippen LogP contribution >= 0.6 is 48.0 Å². The van der Waals surface area contributed by atoms with Gasteiger partial charge in [-0.3, -0.25) is 4.79 Å². The SMILES string of the molecule is Cl.Cl.Cn1ccnc1C1CNCCN1C(=O)Cc1cn2cc(Cl)cc(Cl)c2n1. The second kappa shape index (κ2) is 9.33. The van der Waals surface area contributed by atoms with Crippen LogP contribution in [0.3, 0.4) is 0 Å². The van der Waals surface area contributed by atoms with E-state index in [2.05, 4.69) is 15.3 Å². The Bertz CT molecular complexity index is 972. The molecule has 1 N–H and O–H groups in total. The molecule has 11 heteroatoms. The van der Waals surface area contributed by atoms with Gasteiger partial charge in [0.25, 0.3) is 0 Å². The number of aromatic nitrogens is 4. The summed E-state index contributed by atoms with van der Waals surface area (Å²) in [6.45, 7) is 2.08. The van der Waals surface area contributed by atoms with Crippen molar-refractivity contribution < 1.29 is 4.79 Å². The van der Waals surface area contributed by atoms with Gasteiger partial charge in [0, 0.05) is 51.5 Å². The summed E-state index contributed by atoms with van der Waals surface area (Å²) in [7, 11) is 1.94. The monoisotopic (exact) mass is 464 g/mol. The molecule has 28 heavy (non-hydrogen) atoms. The summed E-state index contributed by atoms with van der Waals surface area (Å²) in [5, 5.41) is 4.32. The van der Waals surface area contributed by atoms with Crippen LogP contribution in [0, 0.1) is 0 Å². The van der Waals surface area contributed by atoms with Gasteiger partial charge in [0.2, 0.25) is 5.91 Å². The van der Waals surface area contributed by atoms with Crippen LogP contribution in [0.15, 0.2) is 30.9 Å². The Labute approximate surface area is 184 Å². The van der Waals surface area contributed by atoms with Crippen molar-refractivity contribution in [2.24, 2.45) is 7.05 Å². The van der Waals surface area contributed by atoms with Crippen molar-refractivity contribution in [3.63, 3.8) is 0 Å². The molecule has 4 heterocycles. The van der Waals surface area contributed by atoms with E-state index in [0.29, 0.717) is 34.5 Å². The molecule has 7 nitrogen and oxygen atoms in total. The highest BCUT2D eigenvalue weighted by molar-refractivity contribution is 6.36. The van der Waals surface area contributed by atoms with Gasteiger partial charge in [-0.2, -0.15) is 0 Å². The molecular formula is C17H20Cl4N6O. The van der Waals surface area contributed by atoms with Gasteiger partial charge in [0.15, 0.2) is 5.65 Å². The maximum absolute atomic E-state index is 13.0. The summed E-state index contributed by atoms with van der Waals surface area (Å²) in [5.41, 5.74) is 1.26. The van der Waals surface area contributed by atoms with Crippen LogP contribution in [0.1, 0.15) is 17.6 Å². The molecule has 1 aliphatic rings. The average Bonchev–Trinajstić information content (AvgIpc) is 3.20. The molecule has 1 aliphatic heterocycles. The Morgan fingerprint density at radius 3 is 2.82 bits per heavy atom. The molecule has 1 atom stereocenters. The Morgan fingerprint density at radius 1 is 1.32 bits per heavy atom. The molecule has 0 aliphatic carbocycles. The van der Waals surface area contributed by atoms with E-state index in [1.165, 1.54) is 0 Å².